The van der Waals surface area contributed by atoms with E-state index in [9.17, 15) is 5.11 Å². The highest BCUT2D eigenvalue weighted by Gasteiger charge is 2.40. The third-order valence-corrected chi connectivity index (χ3v) is 4.83. The molecule has 1 aliphatic carbocycles. The molecule has 2 fully saturated rings. The van der Waals surface area contributed by atoms with Gasteiger partial charge in [0, 0.05) is 12.6 Å². The molecule has 1 aromatic carbocycles. The molecule has 1 aromatic rings. The molecule has 3 heteroatoms. The zero-order chi connectivity index (χ0) is 13.8. The van der Waals surface area contributed by atoms with E-state index in [0.717, 1.165) is 19.4 Å². The molecule has 1 aliphatic heterocycles. The minimum absolute atomic E-state index is 0.0396. The van der Waals surface area contributed by atoms with Gasteiger partial charge in [0.05, 0.1) is 18.2 Å². The summed E-state index contributed by atoms with van der Waals surface area (Å²) < 4.78 is 6.08. The van der Waals surface area contributed by atoms with Crippen LogP contribution in [0.2, 0.25) is 0 Å². The molecule has 0 radical (unpaired) electrons. The van der Waals surface area contributed by atoms with Crippen LogP contribution in [0.5, 0.6) is 0 Å². The highest BCUT2D eigenvalue weighted by Crippen LogP contribution is 2.40. The lowest BCUT2D eigenvalue weighted by atomic mass is 9.88. The number of hydrogen-bond donors (Lipinski definition) is 2. The number of aliphatic hydroxyl groups excluding tert-OH is 1. The Labute approximate surface area is 121 Å². The molecular formula is C17H25NO2. The molecule has 0 bridgehead atoms. The average molecular weight is 275 g/mol. The van der Waals surface area contributed by atoms with Crippen molar-refractivity contribution in [3.05, 3.63) is 35.9 Å². The van der Waals surface area contributed by atoms with Gasteiger partial charge in [-0.3, -0.25) is 0 Å². The highest BCUT2D eigenvalue weighted by molar-refractivity contribution is 5.19. The van der Waals surface area contributed by atoms with Gasteiger partial charge in [0.15, 0.2) is 0 Å². The maximum absolute atomic E-state index is 9.67. The molecule has 2 atom stereocenters. The third-order valence-electron chi connectivity index (χ3n) is 4.83. The van der Waals surface area contributed by atoms with E-state index in [1.165, 1.54) is 31.2 Å². The Balaban J connectivity index is 1.64. The predicted octanol–water partition coefficient (Wildman–Crippen LogP) is 2.80. The van der Waals surface area contributed by atoms with E-state index in [2.05, 4.69) is 17.4 Å². The molecule has 1 spiro atoms. The second kappa shape index (κ2) is 6.25. The van der Waals surface area contributed by atoms with Crippen molar-refractivity contribution in [2.24, 2.45) is 0 Å². The minimum atomic E-state index is 0.0396. The standard InChI is InChI=1S/C17H25NO2/c19-13-16(14-6-2-1-3-7-14)18-15-8-11-20-17(12-15)9-4-5-10-17/h1-3,6-7,15-16,18-19H,4-5,8-13H2. The summed E-state index contributed by atoms with van der Waals surface area (Å²) in [6, 6.07) is 10.7. The zero-order valence-electron chi connectivity index (χ0n) is 12.1. The minimum Gasteiger partial charge on any atom is -0.394 e. The molecule has 3 rings (SSSR count). The Morgan fingerprint density at radius 1 is 1.25 bits per heavy atom. The molecule has 1 saturated carbocycles. The summed E-state index contributed by atoms with van der Waals surface area (Å²) in [6.45, 7) is 0.999. The van der Waals surface area contributed by atoms with Crippen molar-refractivity contribution in [2.45, 2.75) is 56.2 Å². The topological polar surface area (TPSA) is 41.5 Å². The molecule has 0 aromatic heterocycles. The van der Waals surface area contributed by atoms with Gasteiger partial charge in [0.1, 0.15) is 0 Å². The molecule has 2 aliphatic rings. The van der Waals surface area contributed by atoms with Gasteiger partial charge in [-0.15, -0.1) is 0 Å². The smallest absolute Gasteiger partial charge is 0.0697 e. The summed E-state index contributed by atoms with van der Waals surface area (Å²) in [6.07, 6.45) is 7.16. The van der Waals surface area contributed by atoms with Crippen LogP contribution in [0.15, 0.2) is 30.3 Å². The fourth-order valence-electron chi connectivity index (χ4n) is 3.76. The molecule has 2 unspecified atom stereocenters. The Kier molecular flexibility index (Phi) is 4.39. The van der Waals surface area contributed by atoms with Crippen LogP contribution in [0, 0.1) is 0 Å². The van der Waals surface area contributed by atoms with Crippen molar-refractivity contribution >= 4 is 0 Å². The fourth-order valence-corrected chi connectivity index (χ4v) is 3.76. The molecule has 20 heavy (non-hydrogen) atoms. The summed E-state index contributed by atoms with van der Waals surface area (Å²) in [5, 5.41) is 13.3. The predicted molar refractivity (Wildman–Crippen MR) is 79.6 cm³/mol. The Morgan fingerprint density at radius 2 is 2.00 bits per heavy atom. The number of benzene rings is 1. The SMILES string of the molecule is OCC(NC1CCOC2(CCCC2)C1)c1ccccc1. The van der Waals surface area contributed by atoms with Crippen LogP contribution in [-0.4, -0.2) is 30.0 Å². The second-order valence-corrected chi connectivity index (χ2v) is 6.24. The normalized spacial score (nSPS) is 26.8. The van der Waals surface area contributed by atoms with Crippen LogP contribution in [-0.2, 0) is 4.74 Å². The quantitative estimate of drug-likeness (QED) is 0.888. The van der Waals surface area contributed by atoms with E-state index in [1.807, 2.05) is 18.2 Å². The van der Waals surface area contributed by atoms with Crippen LogP contribution in [0.4, 0.5) is 0 Å². The van der Waals surface area contributed by atoms with Gasteiger partial charge >= 0.3 is 0 Å². The van der Waals surface area contributed by atoms with Gasteiger partial charge in [0.25, 0.3) is 0 Å². The average Bonchev–Trinajstić information content (AvgIpc) is 2.93. The van der Waals surface area contributed by atoms with E-state index in [4.69, 9.17) is 4.74 Å². The van der Waals surface area contributed by atoms with E-state index >= 15 is 0 Å². The fraction of sp³-hybridized carbons (Fsp3) is 0.647. The maximum Gasteiger partial charge on any atom is 0.0697 e. The summed E-state index contributed by atoms with van der Waals surface area (Å²) in [4.78, 5) is 0. The highest BCUT2D eigenvalue weighted by atomic mass is 16.5. The Bertz CT molecular complexity index is 414. The van der Waals surface area contributed by atoms with Crippen molar-refractivity contribution in [1.29, 1.82) is 0 Å². The van der Waals surface area contributed by atoms with Gasteiger partial charge in [-0.25, -0.2) is 0 Å². The lowest BCUT2D eigenvalue weighted by Crippen LogP contribution is -2.47. The summed E-state index contributed by atoms with van der Waals surface area (Å²) >= 11 is 0. The van der Waals surface area contributed by atoms with Crippen molar-refractivity contribution in [2.75, 3.05) is 13.2 Å². The van der Waals surface area contributed by atoms with Crippen molar-refractivity contribution < 1.29 is 9.84 Å². The first kappa shape index (κ1) is 14.1. The number of hydrogen-bond acceptors (Lipinski definition) is 3. The van der Waals surface area contributed by atoms with Crippen LogP contribution < -0.4 is 5.32 Å². The van der Waals surface area contributed by atoms with E-state index in [0.29, 0.717) is 6.04 Å². The lowest BCUT2D eigenvalue weighted by Gasteiger charge is -2.40. The molecule has 3 nitrogen and oxygen atoms in total. The molecular weight excluding hydrogens is 250 g/mol. The molecule has 1 heterocycles. The van der Waals surface area contributed by atoms with E-state index in [1.54, 1.807) is 0 Å². The summed E-state index contributed by atoms with van der Waals surface area (Å²) in [5.74, 6) is 0. The first-order chi connectivity index (χ1) is 9.81. The van der Waals surface area contributed by atoms with Crippen molar-refractivity contribution in [3.63, 3.8) is 0 Å². The number of ether oxygens (including phenoxy) is 1. The maximum atomic E-state index is 9.67. The zero-order valence-corrected chi connectivity index (χ0v) is 12.1. The van der Waals surface area contributed by atoms with Gasteiger partial charge < -0.3 is 15.2 Å². The Morgan fingerprint density at radius 3 is 2.70 bits per heavy atom. The monoisotopic (exact) mass is 275 g/mol. The molecule has 0 amide bonds. The van der Waals surface area contributed by atoms with Gasteiger partial charge in [0.2, 0.25) is 0 Å². The third kappa shape index (κ3) is 3.05. The second-order valence-electron chi connectivity index (χ2n) is 6.24. The van der Waals surface area contributed by atoms with Crippen LogP contribution in [0.25, 0.3) is 0 Å². The molecule has 2 N–H and O–H groups in total. The van der Waals surface area contributed by atoms with Crippen molar-refractivity contribution in [1.82, 2.24) is 5.32 Å². The van der Waals surface area contributed by atoms with Gasteiger partial charge in [-0.05, 0) is 31.2 Å². The number of nitrogens with one attached hydrogen (secondary N) is 1. The first-order valence-electron chi connectivity index (χ1n) is 7.87. The largest absolute Gasteiger partial charge is 0.394 e. The number of aliphatic hydroxyl groups is 1. The van der Waals surface area contributed by atoms with Crippen LogP contribution in [0.3, 0.4) is 0 Å². The summed E-state index contributed by atoms with van der Waals surface area (Å²) in [7, 11) is 0. The van der Waals surface area contributed by atoms with Crippen LogP contribution >= 0.6 is 0 Å². The van der Waals surface area contributed by atoms with E-state index < -0.39 is 0 Å². The lowest BCUT2D eigenvalue weighted by molar-refractivity contribution is -0.0853. The summed E-state index contributed by atoms with van der Waals surface area (Å²) in [5.41, 5.74) is 1.30. The van der Waals surface area contributed by atoms with Gasteiger partial charge in [-0.1, -0.05) is 43.2 Å². The van der Waals surface area contributed by atoms with E-state index in [-0.39, 0.29) is 18.2 Å². The van der Waals surface area contributed by atoms with Crippen molar-refractivity contribution in [3.8, 4) is 0 Å². The number of rotatable bonds is 4. The Hall–Kier alpha value is -0.900. The molecule has 110 valence electrons. The van der Waals surface area contributed by atoms with Crippen LogP contribution in [0.1, 0.15) is 50.1 Å². The molecule has 1 saturated heterocycles. The van der Waals surface area contributed by atoms with Gasteiger partial charge in [-0.2, -0.15) is 0 Å². The first-order valence-corrected chi connectivity index (χ1v) is 7.87.